The molecule has 0 aliphatic carbocycles. The lowest BCUT2D eigenvalue weighted by atomic mass is 10.1. The minimum absolute atomic E-state index is 0.131. The molecule has 0 heterocycles. The lowest BCUT2D eigenvalue weighted by Gasteiger charge is -1.97. The summed E-state index contributed by atoms with van der Waals surface area (Å²) >= 11 is 0. The summed E-state index contributed by atoms with van der Waals surface area (Å²) in [5.41, 5.74) is 0. The van der Waals surface area contributed by atoms with Crippen LogP contribution in [-0.2, 0) is 4.79 Å². The summed E-state index contributed by atoms with van der Waals surface area (Å²) < 4.78 is 0. The smallest absolute Gasteiger partial charge is 0.205 e. The summed E-state index contributed by atoms with van der Waals surface area (Å²) in [6.45, 7) is 4.36. The van der Waals surface area contributed by atoms with E-state index >= 15 is 0 Å². The van der Waals surface area contributed by atoms with Crippen molar-refractivity contribution in [3.63, 3.8) is 0 Å². The summed E-state index contributed by atoms with van der Waals surface area (Å²) in [7, 11) is 0. The van der Waals surface area contributed by atoms with E-state index in [0.29, 0.717) is 6.42 Å². The van der Waals surface area contributed by atoms with Crippen molar-refractivity contribution in [1.82, 2.24) is 0 Å². The SMILES string of the molecule is CCCCC#CC(=O)CCCCCCCC. The Hall–Kier alpha value is -0.770. The molecule has 92 valence electrons. The van der Waals surface area contributed by atoms with Crippen molar-refractivity contribution in [1.29, 1.82) is 0 Å². The molecule has 1 heteroatoms. The first-order valence-corrected chi connectivity index (χ1v) is 6.83. The highest BCUT2D eigenvalue weighted by Crippen LogP contribution is 2.06. The van der Waals surface area contributed by atoms with Gasteiger partial charge in [0.25, 0.3) is 0 Å². The van der Waals surface area contributed by atoms with Gasteiger partial charge in [0.05, 0.1) is 0 Å². The van der Waals surface area contributed by atoms with E-state index in [1.165, 1.54) is 32.1 Å². The third-order valence-electron chi connectivity index (χ3n) is 2.64. The molecule has 0 saturated heterocycles. The molecule has 0 aromatic rings. The number of carbonyl (C=O) groups is 1. The minimum Gasteiger partial charge on any atom is -0.285 e. The van der Waals surface area contributed by atoms with Gasteiger partial charge in [-0.3, -0.25) is 4.79 Å². The lowest BCUT2D eigenvalue weighted by Crippen LogP contribution is -1.93. The third-order valence-corrected chi connectivity index (χ3v) is 2.64. The second-order valence-corrected chi connectivity index (χ2v) is 4.35. The molecule has 1 nitrogen and oxygen atoms in total. The van der Waals surface area contributed by atoms with Crippen LogP contribution in [0.15, 0.2) is 0 Å². The highest BCUT2D eigenvalue weighted by molar-refractivity contribution is 5.95. The number of rotatable bonds is 9. The van der Waals surface area contributed by atoms with Crippen LogP contribution in [0.25, 0.3) is 0 Å². The molecule has 0 N–H and O–H groups in total. The molecule has 0 bridgehead atoms. The van der Waals surface area contributed by atoms with Crippen molar-refractivity contribution in [2.45, 2.75) is 78.1 Å². The molecule has 0 aliphatic heterocycles. The van der Waals surface area contributed by atoms with Gasteiger partial charge in [0, 0.05) is 12.8 Å². The van der Waals surface area contributed by atoms with Crippen molar-refractivity contribution < 1.29 is 4.79 Å². The van der Waals surface area contributed by atoms with Crippen molar-refractivity contribution in [2.24, 2.45) is 0 Å². The van der Waals surface area contributed by atoms with E-state index in [4.69, 9.17) is 0 Å². The predicted molar refractivity (Wildman–Crippen MR) is 70.3 cm³/mol. The molecule has 0 aromatic heterocycles. The van der Waals surface area contributed by atoms with Crippen molar-refractivity contribution in [3.8, 4) is 11.8 Å². The number of unbranched alkanes of at least 4 members (excludes halogenated alkanes) is 7. The van der Waals surface area contributed by atoms with Gasteiger partial charge >= 0.3 is 0 Å². The minimum atomic E-state index is 0.131. The van der Waals surface area contributed by atoms with Gasteiger partial charge in [-0.25, -0.2) is 0 Å². The maximum Gasteiger partial charge on any atom is 0.205 e. The Morgan fingerprint density at radius 2 is 1.50 bits per heavy atom. The molecule has 0 atom stereocenters. The summed E-state index contributed by atoms with van der Waals surface area (Å²) in [4.78, 5) is 11.3. The molecule has 16 heavy (non-hydrogen) atoms. The van der Waals surface area contributed by atoms with Crippen LogP contribution >= 0.6 is 0 Å². The molecule has 0 saturated carbocycles. The maximum absolute atomic E-state index is 11.3. The van der Waals surface area contributed by atoms with Gasteiger partial charge in [-0.05, 0) is 18.8 Å². The number of Topliss-reactive ketones (excluding diaryl/α,β-unsaturated/α-hetero) is 1. The summed E-state index contributed by atoms with van der Waals surface area (Å²) in [5.74, 6) is 5.81. The Labute approximate surface area is 101 Å². The van der Waals surface area contributed by atoms with Crippen LogP contribution in [-0.4, -0.2) is 5.78 Å². The highest BCUT2D eigenvalue weighted by Gasteiger charge is 1.96. The zero-order chi connectivity index (χ0) is 12.1. The maximum atomic E-state index is 11.3. The molecule has 0 fully saturated rings. The van der Waals surface area contributed by atoms with Crippen LogP contribution in [0.5, 0.6) is 0 Å². The lowest BCUT2D eigenvalue weighted by molar-refractivity contribution is -0.113. The fraction of sp³-hybridized carbons (Fsp3) is 0.800. The fourth-order valence-electron chi connectivity index (χ4n) is 1.55. The van der Waals surface area contributed by atoms with Crippen LogP contribution in [0.2, 0.25) is 0 Å². The summed E-state index contributed by atoms with van der Waals surface area (Å²) in [5, 5.41) is 0. The van der Waals surface area contributed by atoms with Crippen LogP contribution in [0.4, 0.5) is 0 Å². The Morgan fingerprint density at radius 1 is 0.875 bits per heavy atom. The Morgan fingerprint density at radius 3 is 2.19 bits per heavy atom. The molecule has 0 spiro atoms. The zero-order valence-electron chi connectivity index (χ0n) is 11.0. The van der Waals surface area contributed by atoms with E-state index in [1.54, 1.807) is 0 Å². The second-order valence-electron chi connectivity index (χ2n) is 4.35. The molecule has 0 aromatic carbocycles. The molecule has 0 amide bonds. The number of hydrogen-bond acceptors (Lipinski definition) is 1. The van der Waals surface area contributed by atoms with E-state index in [2.05, 4.69) is 25.7 Å². The molecule has 0 rings (SSSR count). The number of hydrogen-bond donors (Lipinski definition) is 0. The number of carbonyl (C=O) groups excluding carboxylic acids is 1. The van der Waals surface area contributed by atoms with Gasteiger partial charge in [0.15, 0.2) is 0 Å². The predicted octanol–water partition coefficient (Wildman–Crippen LogP) is 4.50. The van der Waals surface area contributed by atoms with Crippen molar-refractivity contribution in [3.05, 3.63) is 0 Å². The first-order chi connectivity index (χ1) is 7.81. The van der Waals surface area contributed by atoms with E-state index in [-0.39, 0.29) is 5.78 Å². The second kappa shape index (κ2) is 12.3. The molecular weight excluding hydrogens is 196 g/mol. The molecule has 0 unspecified atom stereocenters. The Balaban J connectivity index is 3.32. The first kappa shape index (κ1) is 15.2. The van der Waals surface area contributed by atoms with Gasteiger partial charge in [-0.15, -0.1) is 0 Å². The van der Waals surface area contributed by atoms with Crippen molar-refractivity contribution >= 4 is 5.78 Å². The van der Waals surface area contributed by atoms with E-state index in [1.807, 2.05) is 0 Å². The fourth-order valence-corrected chi connectivity index (χ4v) is 1.55. The van der Waals surface area contributed by atoms with Crippen LogP contribution in [0.3, 0.4) is 0 Å². The van der Waals surface area contributed by atoms with Gasteiger partial charge < -0.3 is 0 Å². The van der Waals surface area contributed by atoms with E-state index in [0.717, 1.165) is 25.7 Å². The van der Waals surface area contributed by atoms with Gasteiger partial charge in [0.2, 0.25) is 5.78 Å². The first-order valence-electron chi connectivity index (χ1n) is 6.83. The quantitative estimate of drug-likeness (QED) is 0.319. The summed E-state index contributed by atoms with van der Waals surface area (Å²) in [6, 6.07) is 0. The molecular formula is C15H26O. The van der Waals surface area contributed by atoms with Gasteiger partial charge in [-0.2, -0.15) is 0 Å². The molecule has 0 aliphatic rings. The Kier molecular flexibility index (Phi) is 11.7. The van der Waals surface area contributed by atoms with Crippen LogP contribution in [0, 0.1) is 11.8 Å². The summed E-state index contributed by atoms with van der Waals surface area (Å²) in [6.07, 6.45) is 11.2. The number of ketones is 1. The van der Waals surface area contributed by atoms with Crippen LogP contribution < -0.4 is 0 Å². The standard InChI is InChI=1S/C15H26O/c1-3-5-7-9-10-12-14-15(16)13-11-8-6-4-2/h3-10,12,14H2,1-2H3. The Bertz CT molecular complexity index is 219. The monoisotopic (exact) mass is 222 g/mol. The van der Waals surface area contributed by atoms with Gasteiger partial charge in [-0.1, -0.05) is 58.3 Å². The molecule has 0 radical (unpaired) electrons. The van der Waals surface area contributed by atoms with E-state index < -0.39 is 0 Å². The van der Waals surface area contributed by atoms with Crippen LogP contribution in [0.1, 0.15) is 78.1 Å². The zero-order valence-corrected chi connectivity index (χ0v) is 11.0. The van der Waals surface area contributed by atoms with Crippen molar-refractivity contribution in [2.75, 3.05) is 0 Å². The third kappa shape index (κ3) is 11.3. The average molecular weight is 222 g/mol. The largest absolute Gasteiger partial charge is 0.285 e. The highest BCUT2D eigenvalue weighted by atomic mass is 16.1. The normalized spacial score (nSPS) is 9.62. The topological polar surface area (TPSA) is 17.1 Å². The van der Waals surface area contributed by atoms with E-state index in [9.17, 15) is 4.79 Å². The van der Waals surface area contributed by atoms with Gasteiger partial charge in [0.1, 0.15) is 0 Å². The average Bonchev–Trinajstić information content (AvgIpc) is 2.29.